The molecule has 1 aliphatic carbocycles. The normalized spacial score (nSPS) is 18.4. The largest absolute Gasteiger partial charge is 0.389 e. The van der Waals surface area contributed by atoms with Gasteiger partial charge >= 0.3 is 0 Å². The van der Waals surface area contributed by atoms with Crippen molar-refractivity contribution in [1.29, 1.82) is 5.26 Å². The van der Waals surface area contributed by atoms with Crippen molar-refractivity contribution in [2.45, 2.75) is 69.0 Å². The average molecular weight is 558 g/mol. The molecule has 4 aromatic heterocycles. The molecule has 11 heteroatoms. The summed E-state index contributed by atoms with van der Waals surface area (Å²) >= 11 is 0. The van der Waals surface area contributed by atoms with E-state index in [0.29, 0.717) is 35.4 Å². The zero-order valence-corrected chi connectivity index (χ0v) is 23.3. The Hall–Kier alpha value is -4.01. The lowest BCUT2D eigenvalue weighted by atomic mass is 9.84. The van der Waals surface area contributed by atoms with Gasteiger partial charge in [0.15, 0.2) is 5.65 Å². The van der Waals surface area contributed by atoms with E-state index in [-0.39, 0.29) is 10.9 Å². The van der Waals surface area contributed by atoms with Crippen LogP contribution in [0.25, 0.3) is 33.5 Å². The van der Waals surface area contributed by atoms with Crippen LogP contribution in [0.1, 0.15) is 52.0 Å². The predicted octanol–water partition coefficient (Wildman–Crippen LogP) is 4.90. The number of imidazole rings is 1. The average Bonchev–Trinajstić information content (AvgIpc) is 3.65. The minimum Gasteiger partial charge on any atom is -0.389 e. The molecule has 5 aromatic rings. The molecule has 1 N–H and O–H groups in total. The summed E-state index contributed by atoms with van der Waals surface area (Å²) in [7, 11) is -3.84. The lowest BCUT2D eigenvalue weighted by molar-refractivity contribution is 0.0577. The molecule has 0 atom stereocenters. The number of fused-ring (bicyclic) bond motifs is 3. The van der Waals surface area contributed by atoms with E-state index in [4.69, 9.17) is 4.98 Å². The number of aromatic nitrogens is 6. The van der Waals surface area contributed by atoms with Crippen molar-refractivity contribution in [1.82, 2.24) is 28.3 Å². The van der Waals surface area contributed by atoms with Gasteiger partial charge in [-0.2, -0.15) is 10.4 Å². The second-order valence-corrected chi connectivity index (χ2v) is 13.1. The molecule has 0 unspecified atom stereocenters. The lowest BCUT2D eigenvalue weighted by Crippen LogP contribution is -2.26. The molecule has 6 rings (SSSR count). The van der Waals surface area contributed by atoms with Crippen LogP contribution in [0.5, 0.6) is 0 Å². The molecule has 0 radical (unpaired) electrons. The van der Waals surface area contributed by atoms with Crippen molar-refractivity contribution in [2.75, 3.05) is 0 Å². The van der Waals surface area contributed by atoms with E-state index in [2.05, 4.69) is 20.7 Å². The van der Waals surface area contributed by atoms with Gasteiger partial charge in [-0.25, -0.2) is 22.4 Å². The van der Waals surface area contributed by atoms with Crippen molar-refractivity contribution < 1.29 is 13.5 Å². The number of hydrogen-bond acceptors (Lipinski definition) is 7. The summed E-state index contributed by atoms with van der Waals surface area (Å²) in [5, 5.41) is 24.7. The highest BCUT2D eigenvalue weighted by Crippen LogP contribution is 2.40. The number of benzene rings is 1. The van der Waals surface area contributed by atoms with E-state index in [9.17, 15) is 18.8 Å². The van der Waals surface area contributed by atoms with Crippen LogP contribution in [0.4, 0.5) is 0 Å². The molecule has 1 fully saturated rings. The number of rotatable bonds is 7. The van der Waals surface area contributed by atoms with Crippen LogP contribution in [0.3, 0.4) is 0 Å². The van der Waals surface area contributed by atoms with E-state index in [1.165, 1.54) is 3.97 Å². The summed E-state index contributed by atoms with van der Waals surface area (Å²) in [5.74, 6) is 1.11. The maximum Gasteiger partial charge on any atom is 0.269 e. The summed E-state index contributed by atoms with van der Waals surface area (Å²) in [4.78, 5) is 9.73. The monoisotopic (exact) mass is 557 g/mol. The summed E-state index contributed by atoms with van der Waals surface area (Å²) in [6.07, 6.45) is 11.0. The molecule has 1 saturated carbocycles. The summed E-state index contributed by atoms with van der Waals surface area (Å²) in [6.45, 7) is 3.80. The molecule has 0 amide bonds. The van der Waals surface area contributed by atoms with Crippen LogP contribution in [0.15, 0.2) is 66.1 Å². The molecular weight excluding hydrogens is 526 g/mol. The van der Waals surface area contributed by atoms with Gasteiger partial charge in [0, 0.05) is 30.2 Å². The highest BCUT2D eigenvalue weighted by atomic mass is 32.2. The van der Waals surface area contributed by atoms with Crippen molar-refractivity contribution in [3.63, 3.8) is 0 Å². The van der Waals surface area contributed by atoms with E-state index in [1.807, 2.05) is 6.20 Å². The fourth-order valence-corrected chi connectivity index (χ4v) is 7.13. The molecule has 206 valence electrons. The third kappa shape index (κ3) is 4.67. The Labute approximate surface area is 232 Å². The van der Waals surface area contributed by atoms with Crippen LogP contribution in [-0.2, 0) is 16.6 Å². The number of nitriles is 1. The fraction of sp³-hybridized carbons (Fsp3) is 0.379. The summed E-state index contributed by atoms with van der Waals surface area (Å²) < 4.78 is 32.2. The Bertz CT molecular complexity index is 1830. The highest BCUT2D eigenvalue weighted by Gasteiger charge is 2.29. The third-order valence-electron chi connectivity index (χ3n) is 7.63. The predicted molar refractivity (Wildman–Crippen MR) is 151 cm³/mol. The lowest BCUT2D eigenvalue weighted by Gasteiger charge is -2.29. The van der Waals surface area contributed by atoms with Gasteiger partial charge in [0.05, 0.1) is 46.6 Å². The van der Waals surface area contributed by atoms with Gasteiger partial charge in [-0.05, 0) is 63.6 Å². The van der Waals surface area contributed by atoms with Crippen molar-refractivity contribution >= 4 is 32.1 Å². The standard InChI is InChI=1S/C29H31N7O3S/c1-29(2,37)19-34-18-21(16-32-34)27-33-25-17-31-28-24(13-15-35(28)40(38,39)23-6-4-3-5-7-23)26(25)36(27)22-10-8-20(9-11-22)12-14-30/h3-7,13,15-18,20,22,37H,8-12,19H2,1-2H3. The molecule has 40 heavy (non-hydrogen) atoms. The molecule has 0 aliphatic heterocycles. The zero-order chi connectivity index (χ0) is 28.1. The minimum absolute atomic E-state index is 0.118. The van der Waals surface area contributed by atoms with Gasteiger partial charge in [0.25, 0.3) is 10.0 Å². The van der Waals surface area contributed by atoms with E-state index < -0.39 is 15.6 Å². The summed E-state index contributed by atoms with van der Waals surface area (Å²) in [5.41, 5.74) is 1.74. The van der Waals surface area contributed by atoms with E-state index in [0.717, 1.165) is 42.6 Å². The summed E-state index contributed by atoms with van der Waals surface area (Å²) in [6, 6.07) is 12.6. The first kappa shape index (κ1) is 26.2. The number of pyridine rings is 1. The number of aliphatic hydroxyl groups is 1. The number of hydrogen-bond donors (Lipinski definition) is 1. The van der Waals surface area contributed by atoms with E-state index >= 15 is 0 Å². The third-order valence-corrected chi connectivity index (χ3v) is 9.31. The molecule has 1 aliphatic rings. The quantitative estimate of drug-likeness (QED) is 0.301. The van der Waals surface area contributed by atoms with Gasteiger partial charge < -0.3 is 9.67 Å². The van der Waals surface area contributed by atoms with Gasteiger partial charge in [0.2, 0.25) is 0 Å². The number of nitrogens with zero attached hydrogens (tertiary/aromatic N) is 7. The highest BCUT2D eigenvalue weighted by molar-refractivity contribution is 7.90. The maximum atomic E-state index is 13.5. The molecule has 4 heterocycles. The first-order valence-corrected chi connectivity index (χ1v) is 14.9. The van der Waals surface area contributed by atoms with Gasteiger partial charge in [-0.3, -0.25) is 4.68 Å². The van der Waals surface area contributed by atoms with Crippen molar-refractivity contribution in [2.24, 2.45) is 5.92 Å². The first-order chi connectivity index (χ1) is 19.2. The van der Waals surface area contributed by atoms with Gasteiger partial charge in [0.1, 0.15) is 11.3 Å². The molecule has 0 saturated heterocycles. The van der Waals surface area contributed by atoms with Gasteiger partial charge in [-0.15, -0.1) is 0 Å². The second-order valence-electron chi connectivity index (χ2n) is 11.2. The fourth-order valence-electron chi connectivity index (χ4n) is 5.80. The smallest absolute Gasteiger partial charge is 0.269 e. The SMILES string of the molecule is CC(C)(O)Cn1cc(-c2nc3cnc4c(ccn4S(=O)(=O)c4ccccc4)c3n2C2CCC(CC#N)CC2)cn1. The Kier molecular flexibility index (Phi) is 6.47. The zero-order valence-electron chi connectivity index (χ0n) is 22.5. The Morgan fingerprint density at radius 1 is 1.10 bits per heavy atom. The van der Waals surface area contributed by atoms with Crippen LogP contribution in [0, 0.1) is 17.2 Å². The van der Waals surface area contributed by atoms with Crippen molar-refractivity contribution in [3.8, 4) is 17.5 Å². The molecule has 10 nitrogen and oxygen atoms in total. The minimum atomic E-state index is -3.84. The van der Waals surface area contributed by atoms with Crippen LogP contribution >= 0.6 is 0 Å². The Morgan fingerprint density at radius 3 is 2.55 bits per heavy atom. The van der Waals surface area contributed by atoms with E-state index in [1.54, 1.807) is 73.5 Å². The van der Waals surface area contributed by atoms with Gasteiger partial charge in [-0.1, -0.05) is 18.2 Å². The Morgan fingerprint density at radius 2 is 1.85 bits per heavy atom. The van der Waals surface area contributed by atoms with Crippen LogP contribution < -0.4 is 0 Å². The molecule has 0 spiro atoms. The van der Waals surface area contributed by atoms with Crippen LogP contribution in [-0.4, -0.2) is 47.4 Å². The van der Waals surface area contributed by atoms with Crippen LogP contribution in [0.2, 0.25) is 0 Å². The maximum absolute atomic E-state index is 13.5. The molecule has 1 aromatic carbocycles. The topological polar surface area (TPSA) is 132 Å². The van der Waals surface area contributed by atoms with Crippen molar-refractivity contribution in [3.05, 3.63) is 61.2 Å². The Balaban J connectivity index is 1.52. The molecular formula is C29H31N7O3S. The second kappa shape index (κ2) is 9.87. The molecule has 0 bridgehead atoms. The first-order valence-electron chi connectivity index (χ1n) is 13.5.